The van der Waals surface area contributed by atoms with E-state index in [1.54, 1.807) is 4.68 Å². The fourth-order valence-electron chi connectivity index (χ4n) is 3.39. The Morgan fingerprint density at radius 3 is 2.55 bits per heavy atom. The van der Waals surface area contributed by atoms with E-state index in [2.05, 4.69) is 10.4 Å². The Labute approximate surface area is 169 Å². The monoisotopic (exact) mass is 410 g/mol. The molecule has 1 aliphatic heterocycles. The molecule has 0 unspecified atom stereocenters. The van der Waals surface area contributed by atoms with Crippen molar-refractivity contribution < 1.29 is 13.9 Å². The maximum Gasteiger partial charge on any atom is 0.269 e. The number of hydrogen-bond acceptors (Lipinski definition) is 5. The van der Waals surface area contributed by atoms with E-state index in [9.17, 15) is 19.1 Å². The second-order valence-electron chi connectivity index (χ2n) is 6.96. The van der Waals surface area contributed by atoms with E-state index in [0.717, 1.165) is 22.4 Å². The maximum atomic E-state index is 12.8. The number of fused-ring (bicyclic) bond motifs is 1. The van der Waals surface area contributed by atoms with Crippen molar-refractivity contribution in [2.45, 2.75) is 25.4 Å². The molecule has 1 N–H and O–H groups in total. The summed E-state index contributed by atoms with van der Waals surface area (Å²) in [6.45, 7) is 3.97. The zero-order valence-electron chi connectivity index (χ0n) is 15.8. The van der Waals surface area contributed by atoms with Crippen molar-refractivity contribution in [3.63, 3.8) is 0 Å². The van der Waals surface area contributed by atoms with Gasteiger partial charge in [-0.3, -0.25) is 19.1 Å². The molecule has 0 fully saturated rings. The quantitative estimate of drug-likeness (QED) is 0.524. The Hall–Kier alpha value is -3.33. The van der Waals surface area contributed by atoms with Gasteiger partial charge in [0.15, 0.2) is 0 Å². The number of carbonyl (C=O) groups is 1. The summed E-state index contributed by atoms with van der Waals surface area (Å²) in [5, 5.41) is 18.3. The molecule has 0 saturated carbocycles. The predicted molar refractivity (Wildman–Crippen MR) is 110 cm³/mol. The molecule has 1 amide bonds. The summed E-state index contributed by atoms with van der Waals surface area (Å²) >= 11 is 0. The molecule has 0 aliphatic carbocycles. The summed E-state index contributed by atoms with van der Waals surface area (Å²) in [4.78, 5) is 23.1. The average Bonchev–Trinajstić information content (AvgIpc) is 3.19. The minimum atomic E-state index is -1.04. The first-order chi connectivity index (χ1) is 13.8. The summed E-state index contributed by atoms with van der Waals surface area (Å²) in [6.07, 6.45) is 0. The number of anilines is 1. The number of hydrogen-bond donors (Lipinski definition) is 1. The maximum absolute atomic E-state index is 12.8. The van der Waals surface area contributed by atoms with Crippen LogP contribution in [0.25, 0.3) is 5.69 Å². The number of non-ortho nitro benzene ring substituents is 1. The molecule has 4 rings (SSSR count). The molecule has 2 heterocycles. The fourth-order valence-corrected chi connectivity index (χ4v) is 4.65. The number of amides is 1. The minimum Gasteiger partial charge on any atom is -0.306 e. The van der Waals surface area contributed by atoms with Crippen molar-refractivity contribution >= 4 is 28.2 Å². The van der Waals surface area contributed by atoms with E-state index in [1.807, 2.05) is 32.0 Å². The van der Waals surface area contributed by atoms with Crippen LogP contribution < -0.4 is 5.32 Å². The molecular weight excluding hydrogens is 392 g/mol. The lowest BCUT2D eigenvalue weighted by Crippen LogP contribution is -2.17. The van der Waals surface area contributed by atoms with Crippen LogP contribution in [0.15, 0.2) is 42.5 Å². The first-order valence-electron chi connectivity index (χ1n) is 8.92. The third-order valence-electron chi connectivity index (χ3n) is 4.82. The summed E-state index contributed by atoms with van der Waals surface area (Å²) in [6, 6.07) is 11.3. The SMILES string of the molecule is Cc1ccc(-n2nc3c(c2NC(=O)c2ccc([N+](=O)[O-])cc2)C[S@@](=O)C3)c(C)c1. The average molecular weight is 410 g/mol. The molecule has 0 spiro atoms. The van der Waals surface area contributed by atoms with E-state index < -0.39 is 21.6 Å². The number of rotatable bonds is 4. The highest BCUT2D eigenvalue weighted by molar-refractivity contribution is 7.83. The van der Waals surface area contributed by atoms with Crippen LogP contribution >= 0.6 is 0 Å². The first-order valence-corrected chi connectivity index (χ1v) is 10.4. The normalized spacial score (nSPS) is 15.2. The number of benzene rings is 2. The van der Waals surface area contributed by atoms with Crippen LogP contribution in [0.3, 0.4) is 0 Å². The highest BCUT2D eigenvalue weighted by Crippen LogP contribution is 2.32. The zero-order chi connectivity index (χ0) is 20.7. The summed E-state index contributed by atoms with van der Waals surface area (Å²) < 4.78 is 13.7. The second kappa shape index (κ2) is 7.25. The number of nitrogens with zero attached hydrogens (tertiary/aromatic N) is 3. The van der Waals surface area contributed by atoms with Crippen LogP contribution in [-0.2, 0) is 22.3 Å². The molecule has 1 atom stereocenters. The van der Waals surface area contributed by atoms with E-state index >= 15 is 0 Å². The van der Waals surface area contributed by atoms with Gasteiger partial charge in [-0.1, -0.05) is 17.7 Å². The Balaban J connectivity index is 1.73. The van der Waals surface area contributed by atoms with Gasteiger partial charge in [-0.25, -0.2) is 4.68 Å². The van der Waals surface area contributed by atoms with Gasteiger partial charge in [0.05, 0.1) is 27.8 Å². The van der Waals surface area contributed by atoms with Gasteiger partial charge in [0.1, 0.15) is 5.82 Å². The number of nitro benzene ring substituents is 1. The number of aryl methyl sites for hydroxylation is 2. The summed E-state index contributed by atoms with van der Waals surface area (Å²) in [5.41, 5.74) is 4.62. The number of carbonyl (C=O) groups excluding carboxylic acids is 1. The Morgan fingerprint density at radius 1 is 1.17 bits per heavy atom. The molecule has 1 aliphatic rings. The van der Waals surface area contributed by atoms with E-state index in [0.29, 0.717) is 23.0 Å². The van der Waals surface area contributed by atoms with Crippen LogP contribution in [-0.4, -0.2) is 24.8 Å². The van der Waals surface area contributed by atoms with Gasteiger partial charge in [0.25, 0.3) is 11.6 Å². The van der Waals surface area contributed by atoms with Gasteiger partial charge >= 0.3 is 0 Å². The molecular formula is C20H18N4O4S. The smallest absolute Gasteiger partial charge is 0.269 e. The summed E-state index contributed by atoms with van der Waals surface area (Å²) in [7, 11) is -1.04. The Kier molecular flexibility index (Phi) is 4.75. The molecule has 29 heavy (non-hydrogen) atoms. The summed E-state index contributed by atoms with van der Waals surface area (Å²) in [5.74, 6) is 0.761. The largest absolute Gasteiger partial charge is 0.306 e. The molecule has 0 radical (unpaired) electrons. The number of nitrogens with one attached hydrogen (secondary N) is 1. The molecule has 1 aromatic heterocycles. The number of nitro groups is 1. The van der Waals surface area contributed by atoms with Crippen molar-refractivity contribution in [1.82, 2.24) is 9.78 Å². The highest BCUT2D eigenvalue weighted by Gasteiger charge is 2.29. The molecule has 8 nitrogen and oxygen atoms in total. The topological polar surface area (TPSA) is 107 Å². The van der Waals surface area contributed by atoms with Crippen molar-refractivity contribution in [2.75, 3.05) is 5.32 Å². The van der Waals surface area contributed by atoms with E-state index in [4.69, 9.17) is 0 Å². The van der Waals surface area contributed by atoms with Crippen LogP contribution in [0, 0.1) is 24.0 Å². The standard InChI is InChI=1S/C20H18N4O4S/c1-12-3-8-18(13(2)9-12)23-19(16-10-29(28)11-17(16)22-23)21-20(25)14-4-6-15(7-5-14)24(26)27/h3-9H,10-11H2,1-2H3,(H,21,25)/t29-/m1/s1. The molecule has 9 heteroatoms. The van der Waals surface area contributed by atoms with Crippen LogP contribution in [0.1, 0.15) is 32.7 Å². The van der Waals surface area contributed by atoms with Crippen molar-refractivity contribution in [1.29, 1.82) is 0 Å². The molecule has 3 aromatic rings. The van der Waals surface area contributed by atoms with Crippen molar-refractivity contribution in [3.05, 3.63) is 80.5 Å². The van der Waals surface area contributed by atoms with Gasteiger partial charge in [0.2, 0.25) is 0 Å². The molecule has 0 saturated heterocycles. The lowest BCUT2D eigenvalue weighted by Gasteiger charge is -2.13. The fraction of sp³-hybridized carbons (Fsp3) is 0.200. The Morgan fingerprint density at radius 2 is 1.90 bits per heavy atom. The minimum absolute atomic E-state index is 0.0850. The van der Waals surface area contributed by atoms with Crippen molar-refractivity contribution in [2.24, 2.45) is 0 Å². The Bertz CT molecular complexity index is 1170. The van der Waals surface area contributed by atoms with Crippen molar-refractivity contribution in [3.8, 4) is 5.69 Å². The lowest BCUT2D eigenvalue weighted by molar-refractivity contribution is -0.384. The number of aromatic nitrogens is 2. The van der Waals surface area contributed by atoms with Crippen LogP contribution in [0.5, 0.6) is 0 Å². The van der Waals surface area contributed by atoms with E-state index in [1.165, 1.54) is 24.3 Å². The zero-order valence-corrected chi connectivity index (χ0v) is 16.7. The highest BCUT2D eigenvalue weighted by atomic mass is 32.2. The molecule has 148 valence electrons. The molecule has 0 bridgehead atoms. The van der Waals surface area contributed by atoms with Crippen LogP contribution in [0.2, 0.25) is 0 Å². The lowest BCUT2D eigenvalue weighted by atomic mass is 10.1. The van der Waals surface area contributed by atoms with Crippen LogP contribution in [0.4, 0.5) is 11.5 Å². The third kappa shape index (κ3) is 3.56. The molecule has 2 aromatic carbocycles. The van der Waals surface area contributed by atoms with Gasteiger partial charge < -0.3 is 5.32 Å². The van der Waals surface area contributed by atoms with Gasteiger partial charge in [-0.05, 0) is 37.6 Å². The third-order valence-corrected chi connectivity index (χ3v) is 6.03. The van der Waals surface area contributed by atoms with E-state index in [-0.39, 0.29) is 11.3 Å². The first kappa shape index (κ1) is 19.0. The second-order valence-corrected chi connectivity index (χ2v) is 8.42. The predicted octanol–water partition coefficient (Wildman–Crippen LogP) is 3.41. The van der Waals surface area contributed by atoms with Gasteiger partial charge in [-0.2, -0.15) is 5.10 Å². The van der Waals surface area contributed by atoms with Gasteiger partial charge in [-0.15, -0.1) is 0 Å². The van der Waals surface area contributed by atoms with Gasteiger partial charge in [0, 0.05) is 34.1 Å².